The summed E-state index contributed by atoms with van der Waals surface area (Å²) in [6, 6.07) is 11.1. The van der Waals surface area contributed by atoms with Crippen LogP contribution >= 0.6 is 11.8 Å². The van der Waals surface area contributed by atoms with Gasteiger partial charge in [-0.3, -0.25) is 4.79 Å². The number of aromatic nitrogens is 1. The molecule has 180 valence electrons. The number of amides is 1. The lowest BCUT2D eigenvalue weighted by molar-refractivity contribution is -0.113. The molecule has 1 saturated heterocycles. The first-order valence-corrected chi connectivity index (χ1v) is 13.6. The lowest BCUT2D eigenvalue weighted by Gasteiger charge is -2.26. The van der Waals surface area contributed by atoms with Crippen molar-refractivity contribution >= 4 is 44.3 Å². The molecule has 1 aromatic heterocycles. The third kappa shape index (κ3) is 5.27. The average Bonchev–Trinajstić information content (AvgIpc) is 2.80. The fraction of sp³-hybridized carbons (Fsp3) is 0.360. The zero-order valence-corrected chi connectivity index (χ0v) is 21.5. The van der Waals surface area contributed by atoms with Crippen LogP contribution in [0.1, 0.15) is 22.3 Å². The van der Waals surface area contributed by atoms with E-state index in [-0.39, 0.29) is 16.6 Å². The van der Waals surface area contributed by atoms with E-state index in [1.54, 1.807) is 12.1 Å². The molecule has 7 nitrogen and oxygen atoms in total. The summed E-state index contributed by atoms with van der Waals surface area (Å²) in [6.07, 6.45) is 0. The molecule has 1 fully saturated rings. The van der Waals surface area contributed by atoms with E-state index in [9.17, 15) is 13.2 Å². The number of carbonyl (C=O) groups is 1. The van der Waals surface area contributed by atoms with Crippen molar-refractivity contribution in [3.05, 3.63) is 58.7 Å². The monoisotopic (exact) mass is 499 g/mol. The predicted molar refractivity (Wildman–Crippen MR) is 136 cm³/mol. The molecule has 2 heterocycles. The molecule has 0 aliphatic carbocycles. The van der Waals surface area contributed by atoms with Gasteiger partial charge in [-0.05, 0) is 68.7 Å². The summed E-state index contributed by atoms with van der Waals surface area (Å²) in [5, 5.41) is 4.78. The Morgan fingerprint density at radius 2 is 1.76 bits per heavy atom. The van der Waals surface area contributed by atoms with E-state index in [1.165, 1.54) is 27.7 Å². The number of hydrogen-bond donors (Lipinski definition) is 1. The molecule has 3 aromatic rings. The van der Waals surface area contributed by atoms with E-state index in [4.69, 9.17) is 9.72 Å². The summed E-state index contributed by atoms with van der Waals surface area (Å²) in [5.41, 5.74) is 5.67. The van der Waals surface area contributed by atoms with E-state index in [1.807, 2.05) is 19.9 Å². The fourth-order valence-electron chi connectivity index (χ4n) is 4.05. The Morgan fingerprint density at radius 1 is 1.03 bits per heavy atom. The Balaban J connectivity index is 1.48. The highest BCUT2D eigenvalue weighted by atomic mass is 32.2. The highest BCUT2D eigenvalue weighted by Crippen LogP contribution is 2.28. The highest BCUT2D eigenvalue weighted by molar-refractivity contribution is 7.99. The summed E-state index contributed by atoms with van der Waals surface area (Å²) in [4.78, 5) is 17.7. The number of nitrogens with one attached hydrogen (secondary N) is 1. The van der Waals surface area contributed by atoms with Crippen molar-refractivity contribution in [1.29, 1.82) is 0 Å². The van der Waals surface area contributed by atoms with Gasteiger partial charge in [0.25, 0.3) is 0 Å². The Bertz CT molecular complexity index is 1350. The van der Waals surface area contributed by atoms with Gasteiger partial charge >= 0.3 is 0 Å². The third-order valence-corrected chi connectivity index (χ3v) is 8.68. The molecule has 4 rings (SSSR count). The maximum Gasteiger partial charge on any atom is 0.243 e. The number of thioether (sulfide) groups is 1. The standard InChI is InChI=1S/C25H29N3O4S2/c1-16-11-19(4)25-21(12-16)18(3)13-24(27-25)33-15-23(29)26-22-14-20(6-5-17(22)2)34(30,31)28-7-9-32-10-8-28/h5-6,11-14H,7-10,15H2,1-4H3,(H,26,29). The number of rotatable bonds is 6. The van der Waals surface area contributed by atoms with Gasteiger partial charge in [0.2, 0.25) is 15.9 Å². The minimum absolute atomic E-state index is 0.167. The van der Waals surface area contributed by atoms with Gasteiger partial charge in [0, 0.05) is 24.2 Å². The first-order chi connectivity index (χ1) is 16.1. The molecular formula is C25H29N3O4S2. The molecule has 0 radical (unpaired) electrons. The number of carbonyl (C=O) groups excluding carboxylic acids is 1. The van der Waals surface area contributed by atoms with Crippen LogP contribution in [0.25, 0.3) is 10.9 Å². The van der Waals surface area contributed by atoms with Crippen molar-refractivity contribution in [2.45, 2.75) is 37.6 Å². The van der Waals surface area contributed by atoms with Crippen molar-refractivity contribution in [2.24, 2.45) is 0 Å². The Hall–Kier alpha value is -2.46. The van der Waals surface area contributed by atoms with Crippen LogP contribution in [-0.4, -0.2) is 55.7 Å². The van der Waals surface area contributed by atoms with Crippen LogP contribution < -0.4 is 5.32 Å². The van der Waals surface area contributed by atoms with Gasteiger partial charge in [0.15, 0.2) is 0 Å². The molecule has 1 aliphatic heterocycles. The van der Waals surface area contributed by atoms with E-state index >= 15 is 0 Å². The maximum atomic E-state index is 13.0. The Kier molecular flexibility index (Phi) is 7.28. The van der Waals surface area contributed by atoms with E-state index in [0.29, 0.717) is 32.0 Å². The highest BCUT2D eigenvalue weighted by Gasteiger charge is 2.27. The van der Waals surface area contributed by atoms with Gasteiger partial charge in [-0.25, -0.2) is 13.4 Å². The van der Waals surface area contributed by atoms with Crippen molar-refractivity contribution in [3.63, 3.8) is 0 Å². The smallest absolute Gasteiger partial charge is 0.243 e. The zero-order valence-electron chi connectivity index (χ0n) is 19.8. The number of aryl methyl sites for hydroxylation is 4. The summed E-state index contributed by atoms with van der Waals surface area (Å²) in [6.45, 7) is 9.42. The number of ether oxygens (including phenoxy) is 1. The minimum atomic E-state index is -3.64. The van der Waals surface area contributed by atoms with Gasteiger partial charge in [0.05, 0.1) is 34.4 Å². The maximum absolute atomic E-state index is 13.0. The molecule has 0 unspecified atom stereocenters. The van der Waals surface area contributed by atoms with Crippen LogP contribution in [0.5, 0.6) is 0 Å². The lowest BCUT2D eigenvalue weighted by Crippen LogP contribution is -2.40. The Morgan fingerprint density at radius 3 is 2.50 bits per heavy atom. The predicted octanol–water partition coefficient (Wildman–Crippen LogP) is 4.22. The average molecular weight is 500 g/mol. The van der Waals surface area contributed by atoms with Crippen molar-refractivity contribution in [3.8, 4) is 0 Å². The van der Waals surface area contributed by atoms with Crippen molar-refractivity contribution in [2.75, 3.05) is 37.4 Å². The van der Waals surface area contributed by atoms with Crippen LogP contribution in [0.4, 0.5) is 5.69 Å². The number of anilines is 1. The van der Waals surface area contributed by atoms with Gasteiger partial charge < -0.3 is 10.1 Å². The molecule has 9 heteroatoms. The molecule has 0 spiro atoms. The molecular weight excluding hydrogens is 470 g/mol. The number of fused-ring (bicyclic) bond motifs is 1. The second-order valence-electron chi connectivity index (χ2n) is 8.59. The van der Waals surface area contributed by atoms with Gasteiger partial charge in [0.1, 0.15) is 0 Å². The Labute approximate surface area is 205 Å². The SMILES string of the molecule is Cc1cc(C)c2nc(SCC(=O)Nc3cc(S(=O)(=O)N4CCOCC4)ccc3C)cc(C)c2c1. The zero-order chi connectivity index (χ0) is 24.5. The number of hydrogen-bond acceptors (Lipinski definition) is 6. The summed E-state index contributed by atoms with van der Waals surface area (Å²) in [7, 11) is -3.64. The number of pyridine rings is 1. The normalized spacial score (nSPS) is 14.9. The number of morpholine rings is 1. The second kappa shape index (κ2) is 10.0. The van der Waals surface area contributed by atoms with Gasteiger partial charge in [-0.15, -0.1) is 0 Å². The summed E-state index contributed by atoms with van der Waals surface area (Å²) < 4.78 is 32.6. The minimum Gasteiger partial charge on any atom is -0.379 e. The number of nitrogens with zero attached hydrogens (tertiary/aromatic N) is 2. The molecule has 0 atom stereocenters. The van der Waals surface area contributed by atoms with Gasteiger partial charge in [-0.2, -0.15) is 4.31 Å². The molecule has 1 N–H and O–H groups in total. The molecule has 0 saturated carbocycles. The fourth-order valence-corrected chi connectivity index (χ4v) is 6.25. The molecule has 34 heavy (non-hydrogen) atoms. The van der Waals surface area contributed by atoms with E-state index in [2.05, 4.69) is 31.3 Å². The topological polar surface area (TPSA) is 88.6 Å². The van der Waals surface area contributed by atoms with Crippen molar-refractivity contribution in [1.82, 2.24) is 9.29 Å². The van der Waals surface area contributed by atoms with Gasteiger partial charge in [-0.1, -0.05) is 29.5 Å². The number of sulfonamides is 1. The molecule has 0 bridgehead atoms. The third-order valence-electron chi connectivity index (χ3n) is 5.87. The molecule has 2 aromatic carbocycles. The quantitative estimate of drug-likeness (QED) is 0.511. The largest absolute Gasteiger partial charge is 0.379 e. The summed E-state index contributed by atoms with van der Waals surface area (Å²) >= 11 is 1.36. The van der Waals surface area contributed by atoms with Crippen LogP contribution in [0, 0.1) is 27.7 Å². The summed E-state index contributed by atoms with van der Waals surface area (Å²) in [5.74, 6) is -0.0443. The second-order valence-corrected chi connectivity index (χ2v) is 11.5. The van der Waals surface area contributed by atoms with E-state index in [0.717, 1.165) is 32.6 Å². The first-order valence-electron chi connectivity index (χ1n) is 11.1. The molecule has 1 aliphatic rings. The van der Waals surface area contributed by atoms with Crippen LogP contribution in [-0.2, 0) is 19.6 Å². The first kappa shape index (κ1) is 24.7. The van der Waals surface area contributed by atoms with Crippen LogP contribution in [0.3, 0.4) is 0 Å². The number of benzene rings is 2. The van der Waals surface area contributed by atoms with Crippen LogP contribution in [0.2, 0.25) is 0 Å². The van der Waals surface area contributed by atoms with E-state index < -0.39 is 10.0 Å². The molecule has 1 amide bonds. The van der Waals surface area contributed by atoms with Crippen molar-refractivity contribution < 1.29 is 17.9 Å². The lowest BCUT2D eigenvalue weighted by atomic mass is 10.0. The van der Waals surface area contributed by atoms with Crippen LogP contribution in [0.15, 0.2) is 46.3 Å².